The Morgan fingerprint density at radius 3 is 2.15 bits per heavy atom. The summed E-state index contributed by atoms with van der Waals surface area (Å²) in [5, 5.41) is 23.8. The average molecular weight is 721 g/mol. The predicted octanol–water partition coefficient (Wildman–Crippen LogP) is 5.82. The van der Waals surface area contributed by atoms with Crippen LogP contribution >= 0.6 is 0 Å². The lowest BCUT2D eigenvalue weighted by Gasteiger charge is -2.46. The summed E-state index contributed by atoms with van der Waals surface area (Å²) in [6, 6.07) is 35.3. The number of carbonyl (C=O) groups excluding carboxylic acids is 2. The maximum absolute atomic E-state index is 14.9. The van der Waals surface area contributed by atoms with Crippen LogP contribution in [0.2, 0.25) is 0 Å². The molecule has 10 nitrogen and oxygen atoms in total. The number of aliphatic hydroxyl groups excluding tert-OH is 1. The number of esters is 1. The van der Waals surface area contributed by atoms with Crippen molar-refractivity contribution in [1.82, 2.24) is 4.90 Å². The van der Waals surface area contributed by atoms with Crippen LogP contribution in [0.3, 0.4) is 0 Å². The molecule has 1 amide bonds. The Labute approximate surface area is 311 Å². The Morgan fingerprint density at radius 2 is 1.46 bits per heavy atom. The summed E-state index contributed by atoms with van der Waals surface area (Å²) in [6.45, 7) is -0.193. The van der Waals surface area contributed by atoms with Crippen LogP contribution in [-0.4, -0.2) is 59.3 Å². The third kappa shape index (κ3) is 5.75. The molecule has 2 fully saturated rings. The van der Waals surface area contributed by atoms with E-state index in [-0.39, 0.29) is 13.2 Å². The monoisotopic (exact) mass is 720 g/mol. The summed E-state index contributed by atoms with van der Waals surface area (Å²) in [4.78, 5) is 45.2. The molecule has 3 aliphatic rings. The van der Waals surface area contributed by atoms with Gasteiger partial charge < -0.3 is 29.7 Å². The topological polar surface area (TPSA) is 135 Å². The van der Waals surface area contributed by atoms with Crippen LogP contribution in [0.1, 0.15) is 51.6 Å². The Kier molecular flexibility index (Phi) is 9.11. The van der Waals surface area contributed by atoms with Crippen molar-refractivity contribution in [2.45, 2.75) is 29.6 Å². The zero-order valence-corrected chi connectivity index (χ0v) is 29.2. The van der Waals surface area contributed by atoms with E-state index in [9.17, 15) is 24.6 Å². The molecule has 6 atom stereocenters. The standard InChI is InChI=1S/C44H36N2O8/c1-52-32-20-17-27(18-21-32)15-16-28-19-22-35-34(25-28)44(43(51)45-35)36(41(48)49)38-42(50)54-39(30-11-6-3-7-12-30)37(29-9-4-2-5-10-29)46(38)40(44)31-13-8-14-33(26-31)53-24-23-47/h2-14,17-22,25-26,36-40,47H,23-24H2,1H3,(H,45,51)(H,48,49)/t36-,37-,38?,39+,40+,44-/m1/s1. The van der Waals surface area contributed by atoms with Crippen LogP contribution in [0.5, 0.6) is 11.5 Å². The normalized spacial score (nSPS) is 24.1. The van der Waals surface area contributed by atoms with Gasteiger partial charge in [-0.15, -0.1) is 0 Å². The number of rotatable bonds is 8. The fraction of sp³-hybridized carbons (Fsp3) is 0.205. The summed E-state index contributed by atoms with van der Waals surface area (Å²) >= 11 is 0. The van der Waals surface area contributed by atoms with E-state index in [1.807, 2.05) is 95.9 Å². The zero-order chi connectivity index (χ0) is 37.4. The van der Waals surface area contributed by atoms with Crippen molar-refractivity contribution in [3.05, 3.63) is 161 Å². The molecule has 10 heteroatoms. The number of amides is 1. The largest absolute Gasteiger partial charge is 0.497 e. The highest BCUT2D eigenvalue weighted by Crippen LogP contribution is 2.64. The van der Waals surface area contributed by atoms with Crippen LogP contribution in [0.25, 0.3) is 0 Å². The van der Waals surface area contributed by atoms with Crippen molar-refractivity contribution < 1.29 is 38.8 Å². The number of morpholine rings is 1. The molecule has 1 spiro atoms. The van der Waals surface area contributed by atoms with Crippen LogP contribution in [0, 0.1) is 17.8 Å². The molecule has 0 radical (unpaired) electrons. The van der Waals surface area contributed by atoms with E-state index in [2.05, 4.69) is 17.2 Å². The predicted molar refractivity (Wildman–Crippen MR) is 199 cm³/mol. The molecule has 1 unspecified atom stereocenters. The number of ether oxygens (including phenoxy) is 3. The third-order valence-corrected chi connectivity index (χ3v) is 10.5. The molecule has 0 saturated carbocycles. The Bertz CT molecular complexity index is 2280. The fourth-order valence-corrected chi connectivity index (χ4v) is 8.41. The second-order valence-corrected chi connectivity index (χ2v) is 13.4. The number of nitrogens with one attached hydrogen (secondary N) is 1. The van der Waals surface area contributed by atoms with Crippen molar-refractivity contribution in [2.75, 3.05) is 25.6 Å². The lowest BCUT2D eigenvalue weighted by atomic mass is 9.65. The van der Waals surface area contributed by atoms with Gasteiger partial charge in [0.25, 0.3) is 0 Å². The van der Waals surface area contributed by atoms with Gasteiger partial charge in [0, 0.05) is 16.8 Å². The molecular weight excluding hydrogens is 684 g/mol. The number of aliphatic carboxylic acids is 1. The number of hydrogen-bond acceptors (Lipinski definition) is 8. The van der Waals surface area contributed by atoms with E-state index in [4.69, 9.17) is 14.2 Å². The molecule has 3 aliphatic heterocycles. The van der Waals surface area contributed by atoms with Gasteiger partial charge in [-0.3, -0.25) is 19.3 Å². The number of carboxylic acid groups (broad SMARTS) is 1. The van der Waals surface area contributed by atoms with E-state index in [0.29, 0.717) is 33.9 Å². The highest BCUT2D eigenvalue weighted by atomic mass is 16.6. The van der Waals surface area contributed by atoms with Gasteiger partial charge in [-0.25, -0.2) is 0 Å². The highest BCUT2D eigenvalue weighted by Gasteiger charge is 2.74. The van der Waals surface area contributed by atoms with Crippen molar-refractivity contribution in [2.24, 2.45) is 5.92 Å². The van der Waals surface area contributed by atoms with Gasteiger partial charge in [0.15, 0.2) is 0 Å². The van der Waals surface area contributed by atoms with Gasteiger partial charge in [0.05, 0.1) is 25.8 Å². The van der Waals surface area contributed by atoms with Crippen molar-refractivity contribution >= 4 is 23.5 Å². The van der Waals surface area contributed by atoms with Crippen molar-refractivity contribution in [1.29, 1.82) is 0 Å². The third-order valence-electron chi connectivity index (χ3n) is 10.5. The van der Waals surface area contributed by atoms with E-state index >= 15 is 0 Å². The SMILES string of the molecule is COc1ccc(C#Cc2ccc3c(c2)[C@]2(C(=O)N3)[C@H](c3cccc(OCCO)c3)N3C(C(=O)O[C@@H](c4ccccc4)[C@H]3c3ccccc3)[C@@H]2C(=O)O)cc1. The zero-order valence-electron chi connectivity index (χ0n) is 29.2. The first-order chi connectivity index (χ1) is 26.3. The molecule has 5 aromatic carbocycles. The van der Waals surface area contributed by atoms with Crippen molar-refractivity contribution in [3.8, 4) is 23.3 Å². The average Bonchev–Trinajstić information content (AvgIpc) is 3.69. The van der Waals surface area contributed by atoms with Gasteiger partial charge in [-0.2, -0.15) is 0 Å². The summed E-state index contributed by atoms with van der Waals surface area (Å²) in [6.07, 6.45) is -0.844. The van der Waals surface area contributed by atoms with E-state index < -0.39 is 53.4 Å². The van der Waals surface area contributed by atoms with E-state index in [1.165, 1.54) is 0 Å². The number of carbonyl (C=O) groups is 3. The smallest absolute Gasteiger partial charge is 0.325 e. The molecule has 3 N–H and O–H groups in total. The molecule has 5 aromatic rings. The Hall–Kier alpha value is -6.41. The molecular formula is C44H36N2O8. The number of nitrogens with zero attached hydrogens (tertiary/aromatic N) is 1. The van der Waals surface area contributed by atoms with Gasteiger partial charge in [0.1, 0.15) is 41.6 Å². The van der Waals surface area contributed by atoms with E-state index in [0.717, 1.165) is 16.7 Å². The lowest BCUT2D eigenvalue weighted by molar-refractivity contribution is -0.179. The van der Waals surface area contributed by atoms with Crippen molar-refractivity contribution in [3.63, 3.8) is 0 Å². The fourth-order valence-electron chi connectivity index (χ4n) is 8.41. The minimum Gasteiger partial charge on any atom is -0.497 e. The first-order valence-electron chi connectivity index (χ1n) is 17.6. The molecule has 270 valence electrons. The number of cyclic esters (lactones) is 1. The number of carboxylic acids is 1. The number of hydrogen-bond donors (Lipinski definition) is 3. The molecule has 2 saturated heterocycles. The van der Waals surface area contributed by atoms with Crippen LogP contribution in [0.4, 0.5) is 5.69 Å². The number of anilines is 1. The minimum atomic E-state index is -1.84. The Balaban J connectivity index is 1.38. The van der Waals surface area contributed by atoms with Gasteiger partial charge in [-0.05, 0) is 76.9 Å². The second kappa shape index (κ2) is 14.2. The number of methoxy groups -OCH3 is 1. The molecule has 3 heterocycles. The maximum atomic E-state index is 14.9. The summed E-state index contributed by atoms with van der Waals surface area (Å²) in [7, 11) is 1.59. The molecule has 8 rings (SSSR count). The molecule has 0 aliphatic carbocycles. The maximum Gasteiger partial charge on any atom is 0.325 e. The van der Waals surface area contributed by atoms with Crippen LogP contribution in [-0.2, 0) is 24.5 Å². The van der Waals surface area contributed by atoms with Crippen LogP contribution in [0.15, 0.2) is 127 Å². The second-order valence-electron chi connectivity index (χ2n) is 13.4. The minimum absolute atomic E-state index is 0.0257. The lowest BCUT2D eigenvalue weighted by Crippen LogP contribution is -2.52. The summed E-state index contributed by atoms with van der Waals surface area (Å²) in [5.41, 5.74) is 2.35. The van der Waals surface area contributed by atoms with Gasteiger partial charge in [-0.1, -0.05) is 84.6 Å². The van der Waals surface area contributed by atoms with Crippen LogP contribution < -0.4 is 14.8 Å². The first-order valence-corrected chi connectivity index (χ1v) is 17.6. The van der Waals surface area contributed by atoms with Gasteiger partial charge in [0.2, 0.25) is 5.91 Å². The Morgan fingerprint density at radius 1 is 0.796 bits per heavy atom. The van der Waals surface area contributed by atoms with Gasteiger partial charge >= 0.3 is 11.9 Å². The summed E-state index contributed by atoms with van der Waals surface area (Å²) in [5.74, 6) is 3.27. The number of aliphatic hydroxyl groups is 1. The molecule has 0 aromatic heterocycles. The van der Waals surface area contributed by atoms with E-state index in [1.54, 1.807) is 43.5 Å². The molecule has 0 bridgehead atoms. The highest BCUT2D eigenvalue weighted by molar-refractivity contribution is 6.11. The number of benzene rings is 5. The quantitative estimate of drug-likeness (QED) is 0.134. The number of fused-ring (bicyclic) bond motifs is 3. The first kappa shape index (κ1) is 34.7. The summed E-state index contributed by atoms with van der Waals surface area (Å²) < 4.78 is 17.4. The molecule has 54 heavy (non-hydrogen) atoms.